The molecular formula is C16H25NO2. The van der Waals surface area contributed by atoms with Crippen LogP contribution >= 0.6 is 0 Å². The monoisotopic (exact) mass is 263 g/mol. The zero-order valence-corrected chi connectivity index (χ0v) is 12.3. The summed E-state index contributed by atoms with van der Waals surface area (Å²) in [4.78, 5) is 15.0. The van der Waals surface area contributed by atoms with Gasteiger partial charge in [-0.15, -0.1) is 0 Å². The van der Waals surface area contributed by atoms with Crippen LogP contribution in [0.15, 0.2) is 0 Å². The molecule has 19 heavy (non-hydrogen) atoms. The molecule has 3 saturated carbocycles. The smallest absolute Gasteiger partial charge is 0.226 e. The van der Waals surface area contributed by atoms with Crippen LogP contribution in [0.2, 0.25) is 0 Å². The fourth-order valence-corrected chi connectivity index (χ4v) is 5.66. The van der Waals surface area contributed by atoms with Gasteiger partial charge >= 0.3 is 0 Å². The maximum Gasteiger partial charge on any atom is 0.226 e. The molecule has 1 saturated heterocycles. The maximum absolute atomic E-state index is 12.8. The second-order valence-corrected chi connectivity index (χ2v) is 8.11. The van der Waals surface area contributed by atoms with Crippen molar-refractivity contribution in [3.05, 3.63) is 0 Å². The predicted octanol–water partition coefficient (Wildman–Crippen LogP) is 2.30. The third-order valence-corrected chi connectivity index (χ3v) is 6.32. The van der Waals surface area contributed by atoms with Gasteiger partial charge in [-0.3, -0.25) is 4.79 Å². The van der Waals surface area contributed by atoms with Crippen molar-refractivity contribution < 1.29 is 9.53 Å². The van der Waals surface area contributed by atoms with Crippen LogP contribution < -0.4 is 0 Å². The zero-order chi connectivity index (χ0) is 13.4. The van der Waals surface area contributed by atoms with Gasteiger partial charge in [-0.05, 0) is 48.9 Å². The average Bonchev–Trinajstić information content (AvgIpc) is 2.92. The van der Waals surface area contributed by atoms with Gasteiger partial charge in [-0.25, -0.2) is 0 Å². The number of rotatable bonds is 2. The third kappa shape index (κ3) is 1.57. The largest absolute Gasteiger partial charge is 0.379 e. The molecule has 3 aliphatic carbocycles. The molecule has 5 atom stereocenters. The molecule has 3 heteroatoms. The Morgan fingerprint density at radius 2 is 1.95 bits per heavy atom. The average molecular weight is 263 g/mol. The van der Waals surface area contributed by atoms with Crippen molar-refractivity contribution in [1.29, 1.82) is 0 Å². The van der Waals surface area contributed by atoms with Crippen molar-refractivity contribution in [2.24, 2.45) is 29.1 Å². The first-order valence-electron chi connectivity index (χ1n) is 7.83. The van der Waals surface area contributed by atoms with E-state index in [1.54, 1.807) is 0 Å². The number of carbonyl (C=O) groups excluding carboxylic acids is 1. The minimum atomic E-state index is 0.295. The van der Waals surface area contributed by atoms with Crippen LogP contribution in [0.5, 0.6) is 0 Å². The molecule has 0 aromatic carbocycles. The van der Waals surface area contributed by atoms with Crippen LogP contribution in [0.25, 0.3) is 0 Å². The molecule has 0 radical (unpaired) electrons. The highest BCUT2D eigenvalue weighted by atomic mass is 16.5. The van der Waals surface area contributed by atoms with Crippen molar-refractivity contribution in [2.45, 2.75) is 51.7 Å². The molecule has 5 unspecified atom stereocenters. The Balaban J connectivity index is 1.52. The van der Waals surface area contributed by atoms with E-state index in [2.05, 4.69) is 18.7 Å². The summed E-state index contributed by atoms with van der Waals surface area (Å²) in [5.41, 5.74) is 0.387. The minimum Gasteiger partial charge on any atom is -0.379 e. The number of hydrogen-bond acceptors (Lipinski definition) is 2. The summed E-state index contributed by atoms with van der Waals surface area (Å²) in [7, 11) is 1.83. The Morgan fingerprint density at radius 3 is 2.58 bits per heavy atom. The summed E-state index contributed by atoms with van der Waals surface area (Å²) in [5, 5.41) is 0. The Morgan fingerprint density at radius 1 is 1.21 bits per heavy atom. The summed E-state index contributed by atoms with van der Waals surface area (Å²) in [5.74, 6) is 2.97. The molecule has 106 valence electrons. The molecule has 1 amide bonds. The number of likely N-dealkylation sites (tertiary alicyclic amines) is 1. The van der Waals surface area contributed by atoms with Crippen molar-refractivity contribution in [2.75, 3.05) is 13.7 Å². The first kappa shape index (κ1) is 12.2. The second kappa shape index (κ2) is 3.75. The number of hydrogen-bond donors (Lipinski definition) is 0. The van der Waals surface area contributed by atoms with Crippen LogP contribution in [0.3, 0.4) is 0 Å². The van der Waals surface area contributed by atoms with E-state index in [-0.39, 0.29) is 0 Å². The van der Waals surface area contributed by atoms with Gasteiger partial charge in [0.2, 0.25) is 5.91 Å². The van der Waals surface area contributed by atoms with Gasteiger partial charge in [-0.1, -0.05) is 13.8 Å². The lowest BCUT2D eigenvalue weighted by Gasteiger charge is -2.44. The molecule has 4 fully saturated rings. The van der Waals surface area contributed by atoms with E-state index in [4.69, 9.17) is 4.74 Å². The molecule has 0 N–H and O–H groups in total. The van der Waals surface area contributed by atoms with Crippen LogP contribution in [0, 0.1) is 29.1 Å². The third-order valence-electron chi connectivity index (χ3n) is 6.32. The first-order valence-corrected chi connectivity index (χ1v) is 7.83. The number of methoxy groups -OCH3 is 1. The number of fused-ring (bicyclic) bond motifs is 1. The Bertz CT molecular complexity index is 409. The summed E-state index contributed by atoms with van der Waals surface area (Å²) in [6.45, 7) is 5.56. The Labute approximate surface area is 115 Å². The molecule has 1 aliphatic heterocycles. The van der Waals surface area contributed by atoms with Crippen LogP contribution in [0.1, 0.15) is 39.5 Å². The van der Waals surface area contributed by atoms with Gasteiger partial charge < -0.3 is 9.64 Å². The number of carbonyl (C=O) groups is 1. The number of amides is 1. The van der Waals surface area contributed by atoms with Gasteiger partial charge in [-0.2, -0.15) is 0 Å². The van der Waals surface area contributed by atoms with E-state index in [0.29, 0.717) is 29.4 Å². The van der Waals surface area contributed by atoms with E-state index >= 15 is 0 Å². The topological polar surface area (TPSA) is 29.5 Å². The number of ether oxygens (including phenoxy) is 1. The van der Waals surface area contributed by atoms with Gasteiger partial charge in [0, 0.05) is 19.6 Å². The van der Waals surface area contributed by atoms with Crippen molar-refractivity contribution in [3.8, 4) is 0 Å². The summed E-state index contributed by atoms with van der Waals surface area (Å²) < 4.78 is 5.73. The molecule has 0 aromatic rings. The highest BCUT2D eigenvalue weighted by molar-refractivity contribution is 5.81. The van der Waals surface area contributed by atoms with E-state index in [0.717, 1.165) is 37.1 Å². The van der Waals surface area contributed by atoms with Crippen LogP contribution in [0.4, 0.5) is 0 Å². The Kier molecular flexibility index (Phi) is 2.41. The Hall–Kier alpha value is -0.570. The summed E-state index contributed by atoms with van der Waals surface area (Å²) >= 11 is 0. The quantitative estimate of drug-likeness (QED) is 0.765. The lowest BCUT2D eigenvalue weighted by atomic mass is 9.64. The molecule has 1 heterocycles. The van der Waals surface area contributed by atoms with Gasteiger partial charge in [0.1, 0.15) is 0 Å². The first-order chi connectivity index (χ1) is 9.00. The van der Waals surface area contributed by atoms with E-state index in [1.807, 2.05) is 7.11 Å². The summed E-state index contributed by atoms with van der Waals surface area (Å²) in [6.07, 6.45) is 5.06. The minimum absolute atomic E-state index is 0.295. The van der Waals surface area contributed by atoms with Crippen LogP contribution in [-0.4, -0.2) is 36.6 Å². The molecule has 3 nitrogen and oxygen atoms in total. The lowest BCUT2D eigenvalue weighted by Crippen LogP contribution is -2.50. The molecule has 4 rings (SSSR count). The fourth-order valence-electron chi connectivity index (χ4n) is 5.66. The predicted molar refractivity (Wildman–Crippen MR) is 72.5 cm³/mol. The normalized spacial score (nSPS) is 46.7. The van der Waals surface area contributed by atoms with Gasteiger partial charge in [0.05, 0.1) is 12.1 Å². The van der Waals surface area contributed by atoms with Crippen LogP contribution in [-0.2, 0) is 9.53 Å². The molecule has 2 bridgehead atoms. The van der Waals surface area contributed by atoms with Crippen molar-refractivity contribution >= 4 is 5.91 Å². The molecular weight excluding hydrogens is 238 g/mol. The highest BCUT2D eigenvalue weighted by Gasteiger charge is 2.61. The number of nitrogens with zero attached hydrogens (tertiary/aromatic N) is 1. The zero-order valence-electron chi connectivity index (χ0n) is 12.3. The second-order valence-electron chi connectivity index (χ2n) is 8.11. The van der Waals surface area contributed by atoms with Crippen molar-refractivity contribution in [1.82, 2.24) is 4.90 Å². The molecule has 0 aromatic heterocycles. The SMILES string of the molecule is COC1C2CC3CN(C(=O)C4CC(C)(C)C4)C1C3C2. The maximum atomic E-state index is 12.8. The lowest BCUT2D eigenvalue weighted by molar-refractivity contribution is -0.145. The highest BCUT2D eigenvalue weighted by Crippen LogP contribution is 2.57. The van der Waals surface area contributed by atoms with Gasteiger partial charge in [0.15, 0.2) is 0 Å². The van der Waals surface area contributed by atoms with Gasteiger partial charge in [0.25, 0.3) is 0 Å². The summed E-state index contributed by atoms with van der Waals surface area (Å²) in [6, 6.07) is 0.407. The molecule has 0 spiro atoms. The fraction of sp³-hybridized carbons (Fsp3) is 0.938. The van der Waals surface area contributed by atoms with E-state index < -0.39 is 0 Å². The van der Waals surface area contributed by atoms with E-state index in [9.17, 15) is 4.79 Å². The van der Waals surface area contributed by atoms with E-state index in [1.165, 1.54) is 12.8 Å². The standard InChI is InChI=1S/C16H25NO2/c1-16(2)6-11(7-16)15(18)17-8-10-4-9-5-12(10)13(17)14(9)19-3/h9-14H,4-8H2,1-3H3. The molecule has 4 aliphatic rings. The van der Waals surface area contributed by atoms with Crippen molar-refractivity contribution in [3.63, 3.8) is 0 Å².